The minimum Gasteiger partial charge on any atom is -0.480 e. The molecule has 1 aliphatic rings. The number of carbonyl (C=O) groups is 3. The third-order valence-corrected chi connectivity index (χ3v) is 3.71. The standard InChI is InChI=1S/C15H18N2O4/c1-9-4-6-12(7-5-9)17-10(2)14(20)16(8-13(18)19)15(21)11(17)3/h4-7,10-11H,8H2,1-3H3,(H,18,19). The smallest absolute Gasteiger partial charge is 0.323 e. The van der Waals surface area contributed by atoms with Crippen LogP contribution in [0.25, 0.3) is 0 Å². The second kappa shape index (κ2) is 5.55. The molecule has 1 aliphatic heterocycles. The fourth-order valence-electron chi connectivity index (χ4n) is 2.59. The Morgan fingerprint density at radius 3 is 2.00 bits per heavy atom. The maximum absolute atomic E-state index is 12.3. The van der Waals surface area contributed by atoms with Crippen LogP contribution in [-0.2, 0) is 14.4 Å². The quantitative estimate of drug-likeness (QED) is 0.841. The first kappa shape index (κ1) is 15.0. The zero-order chi connectivity index (χ0) is 15.7. The van der Waals surface area contributed by atoms with Crippen LogP contribution in [0, 0.1) is 6.92 Å². The molecule has 1 aromatic carbocycles. The Labute approximate surface area is 123 Å². The van der Waals surface area contributed by atoms with E-state index >= 15 is 0 Å². The van der Waals surface area contributed by atoms with Crippen LogP contribution in [0.15, 0.2) is 24.3 Å². The number of amides is 2. The second-order valence-electron chi connectivity index (χ2n) is 5.25. The van der Waals surface area contributed by atoms with Crippen molar-refractivity contribution in [3.05, 3.63) is 29.8 Å². The Morgan fingerprint density at radius 2 is 1.57 bits per heavy atom. The van der Waals surface area contributed by atoms with Crippen molar-refractivity contribution < 1.29 is 19.5 Å². The summed E-state index contributed by atoms with van der Waals surface area (Å²) >= 11 is 0. The van der Waals surface area contributed by atoms with E-state index in [9.17, 15) is 14.4 Å². The van der Waals surface area contributed by atoms with Crippen LogP contribution in [0.2, 0.25) is 0 Å². The third-order valence-electron chi connectivity index (χ3n) is 3.71. The van der Waals surface area contributed by atoms with E-state index in [1.165, 1.54) is 0 Å². The van der Waals surface area contributed by atoms with E-state index in [0.29, 0.717) is 0 Å². The number of carboxylic acid groups (broad SMARTS) is 1. The molecule has 0 bridgehead atoms. The zero-order valence-electron chi connectivity index (χ0n) is 12.2. The highest BCUT2D eigenvalue weighted by Crippen LogP contribution is 2.26. The number of hydrogen-bond donors (Lipinski definition) is 1. The molecule has 2 amide bonds. The van der Waals surface area contributed by atoms with Gasteiger partial charge in [0.15, 0.2) is 0 Å². The monoisotopic (exact) mass is 290 g/mol. The van der Waals surface area contributed by atoms with Gasteiger partial charge in [-0.25, -0.2) is 0 Å². The first-order valence-corrected chi connectivity index (χ1v) is 6.75. The van der Waals surface area contributed by atoms with Gasteiger partial charge in [-0.05, 0) is 32.9 Å². The Hall–Kier alpha value is -2.37. The van der Waals surface area contributed by atoms with Crippen molar-refractivity contribution in [3.63, 3.8) is 0 Å². The third kappa shape index (κ3) is 2.74. The van der Waals surface area contributed by atoms with Gasteiger partial charge in [0.2, 0.25) is 0 Å². The Kier molecular flexibility index (Phi) is 3.97. The Balaban J connectivity index is 2.34. The molecule has 0 aliphatic carbocycles. The van der Waals surface area contributed by atoms with Crippen molar-refractivity contribution in [2.24, 2.45) is 0 Å². The maximum Gasteiger partial charge on any atom is 0.323 e. The summed E-state index contributed by atoms with van der Waals surface area (Å²) < 4.78 is 0. The lowest BCUT2D eigenvalue weighted by Crippen LogP contribution is -2.64. The van der Waals surface area contributed by atoms with Gasteiger partial charge >= 0.3 is 5.97 Å². The summed E-state index contributed by atoms with van der Waals surface area (Å²) in [7, 11) is 0. The molecular weight excluding hydrogens is 272 g/mol. The van der Waals surface area contributed by atoms with Crippen LogP contribution in [0.4, 0.5) is 5.69 Å². The van der Waals surface area contributed by atoms with Crippen LogP contribution in [0.5, 0.6) is 0 Å². The molecule has 1 fully saturated rings. The Bertz CT molecular complexity index is 560. The van der Waals surface area contributed by atoms with Crippen LogP contribution in [-0.4, -0.2) is 46.4 Å². The molecule has 2 rings (SSSR count). The van der Waals surface area contributed by atoms with Gasteiger partial charge in [-0.2, -0.15) is 0 Å². The molecule has 0 aromatic heterocycles. The Morgan fingerprint density at radius 1 is 1.10 bits per heavy atom. The molecule has 0 saturated carbocycles. The normalized spacial score (nSPS) is 22.6. The molecule has 0 spiro atoms. The van der Waals surface area contributed by atoms with Crippen LogP contribution in [0.1, 0.15) is 19.4 Å². The lowest BCUT2D eigenvalue weighted by Gasteiger charge is -2.42. The van der Waals surface area contributed by atoms with Gasteiger partial charge in [0, 0.05) is 5.69 Å². The predicted octanol–water partition coefficient (Wildman–Crippen LogP) is 1.03. The van der Waals surface area contributed by atoms with E-state index in [4.69, 9.17) is 5.11 Å². The summed E-state index contributed by atoms with van der Waals surface area (Å²) in [6, 6.07) is 6.37. The number of piperazine rings is 1. The molecule has 21 heavy (non-hydrogen) atoms. The summed E-state index contributed by atoms with van der Waals surface area (Å²) in [4.78, 5) is 37.9. The number of aryl methyl sites for hydroxylation is 1. The first-order valence-electron chi connectivity index (χ1n) is 6.75. The minimum atomic E-state index is -1.19. The minimum absolute atomic E-state index is 0.485. The fourth-order valence-corrected chi connectivity index (χ4v) is 2.59. The summed E-state index contributed by atoms with van der Waals surface area (Å²) in [5.74, 6) is -2.16. The number of imide groups is 1. The molecular formula is C15H18N2O4. The first-order chi connectivity index (χ1) is 9.82. The number of hydrogen-bond acceptors (Lipinski definition) is 4. The van der Waals surface area contributed by atoms with E-state index in [2.05, 4.69) is 0 Å². The lowest BCUT2D eigenvalue weighted by molar-refractivity contribution is -0.156. The van der Waals surface area contributed by atoms with Gasteiger partial charge < -0.3 is 10.0 Å². The van der Waals surface area contributed by atoms with Crippen molar-refractivity contribution in [1.29, 1.82) is 0 Å². The zero-order valence-corrected chi connectivity index (χ0v) is 12.2. The van der Waals surface area contributed by atoms with Gasteiger partial charge in [-0.1, -0.05) is 17.7 Å². The highest BCUT2D eigenvalue weighted by molar-refractivity contribution is 6.07. The highest BCUT2D eigenvalue weighted by Gasteiger charge is 2.42. The van der Waals surface area contributed by atoms with Crippen LogP contribution >= 0.6 is 0 Å². The molecule has 1 aromatic rings. The largest absolute Gasteiger partial charge is 0.480 e. The molecule has 112 valence electrons. The van der Waals surface area contributed by atoms with Gasteiger partial charge in [0.25, 0.3) is 11.8 Å². The summed E-state index contributed by atoms with van der Waals surface area (Å²) in [5, 5.41) is 8.83. The van der Waals surface area contributed by atoms with Gasteiger partial charge in [-0.3, -0.25) is 19.3 Å². The fraction of sp³-hybridized carbons (Fsp3) is 0.400. The number of nitrogens with zero attached hydrogens (tertiary/aromatic N) is 2. The van der Waals surface area contributed by atoms with Crippen molar-refractivity contribution in [1.82, 2.24) is 4.90 Å². The van der Waals surface area contributed by atoms with Crippen molar-refractivity contribution in [2.75, 3.05) is 11.4 Å². The summed E-state index contributed by atoms with van der Waals surface area (Å²) in [5.41, 5.74) is 1.86. The number of benzene rings is 1. The summed E-state index contributed by atoms with van der Waals surface area (Å²) in [6.07, 6.45) is 0. The molecule has 2 unspecified atom stereocenters. The van der Waals surface area contributed by atoms with Gasteiger partial charge in [0.05, 0.1) is 0 Å². The number of anilines is 1. The molecule has 1 saturated heterocycles. The molecule has 6 nitrogen and oxygen atoms in total. The summed E-state index contributed by atoms with van der Waals surface area (Å²) in [6.45, 7) is 4.73. The van der Waals surface area contributed by atoms with E-state index < -0.39 is 36.4 Å². The molecule has 1 N–H and O–H groups in total. The number of carbonyl (C=O) groups excluding carboxylic acids is 2. The number of rotatable bonds is 3. The molecule has 0 radical (unpaired) electrons. The van der Waals surface area contributed by atoms with E-state index in [-0.39, 0.29) is 0 Å². The van der Waals surface area contributed by atoms with Crippen LogP contribution < -0.4 is 4.90 Å². The van der Waals surface area contributed by atoms with Crippen LogP contribution in [0.3, 0.4) is 0 Å². The van der Waals surface area contributed by atoms with Gasteiger partial charge in [0.1, 0.15) is 18.6 Å². The molecule has 2 atom stereocenters. The number of carboxylic acids is 1. The lowest BCUT2D eigenvalue weighted by atomic mass is 10.0. The van der Waals surface area contributed by atoms with E-state index in [1.54, 1.807) is 18.7 Å². The van der Waals surface area contributed by atoms with Crippen molar-refractivity contribution in [3.8, 4) is 0 Å². The van der Waals surface area contributed by atoms with Gasteiger partial charge in [-0.15, -0.1) is 0 Å². The highest BCUT2D eigenvalue weighted by atomic mass is 16.4. The van der Waals surface area contributed by atoms with E-state index in [1.807, 2.05) is 31.2 Å². The number of aliphatic carboxylic acids is 1. The SMILES string of the molecule is Cc1ccc(N2C(C)C(=O)N(CC(=O)O)C(=O)C2C)cc1. The molecule has 1 heterocycles. The molecule has 6 heteroatoms. The second-order valence-corrected chi connectivity index (χ2v) is 5.25. The average molecular weight is 290 g/mol. The maximum atomic E-state index is 12.3. The topological polar surface area (TPSA) is 77.9 Å². The predicted molar refractivity (Wildman–Crippen MR) is 76.9 cm³/mol. The van der Waals surface area contributed by atoms with Crippen molar-refractivity contribution in [2.45, 2.75) is 32.9 Å². The van der Waals surface area contributed by atoms with E-state index in [0.717, 1.165) is 16.2 Å². The van der Waals surface area contributed by atoms with Crippen molar-refractivity contribution >= 4 is 23.5 Å². The average Bonchev–Trinajstić information content (AvgIpc) is 2.43.